The van der Waals surface area contributed by atoms with Gasteiger partial charge in [0.05, 0.1) is 6.61 Å². The molecule has 0 amide bonds. The minimum atomic E-state index is -4.64. The van der Waals surface area contributed by atoms with Gasteiger partial charge >= 0.3 is 7.60 Å². The van der Waals surface area contributed by atoms with E-state index in [0.717, 1.165) is 12.8 Å². The smallest absolute Gasteiger partial charge is 0.340 e. The Bertz CT molecular complexity index is 752. The number of rotatable bonds is 11. The van der Waals surface area contributed by atoms with Crippen molar-refractivity contribution in [3.8, 4) is 5.75 Å². The van der Waals surface area contributed by atoms with E-state index in [4.69, 9.17) is 4.74 Å². The van der Waals surface area contributed by atoms with Crippen molar-refractivity contribution in [2.24, 2.45) is 0 Å². The zero-order chi connectivity index (χ0) is 19.7. The second-order valence-corrected chi connectivity index (χ2v) is 8.25. The zero-order valence-electron chi connectivity index (χ0n) is 15.6. The molecule has 0 aliphatic heterocycles. The molecule has 0 spiro atoms. The van der Waals surface area contributed by atoms with E-state index in [9.17, 15) is 19.1 Å². The number of hydrogen-bond acceptors (Lipinski definition) is 3. The number of unbranched alkanes of at least 4 members (excludes halogenated alkanes) is 4. The van der Waals surface area contributed by atoms with E-state index in [2.05, 4.69) is 6.92 Å². The zero-order valence-corrected chi connectivity index (χ0v) is 16.5. The first-order valence-electron chi connectivity index (χ1n) is 9.30. The van der Waals surface area contributed by atoms with Gasteiger partial charge in [0, 0.05) is 5.56 Å². The average Bonchev–Trinajstić information content (AvgIpc) is 2.65. The van der Waals surface area contributed by atoms with Crippen molar-refractivity contribution in [1.29, 1.82) is 0 Å². The van der Waals surface area contributed by atoms with E-state index in [1.165, 1.54) is 19.3 Å². The number of carbonyl (C=O) groups excluding carboxylic acids is 1. The molecule has 0 fully saturated rings. The molecule has 2 rings (SSSR count). The molecule has 0 heterocycles. The lowest BCUT2D eigenvalue weighted by Crippen LogP contribution is -2.13. The fourth-order valence-electron chi connectivity index (χ4n) is 2.90. The third kappa shape index (κ3) is 6.62. The number of ketones is 1. The summed E-state index contributed by atoms with van der Waals surface area (Å²) in [6.07, 6.45) is 5.75. The standard InChI is InChI=1S/C21H27O5P/c1-2-3-4-5-9-16-26-19-14-12-17(13-15-19)20(22)21(27(23,24)25)18-10-7-6-8-11-18/h6-8,10-15,21H,2-5,9,16H2,1H3,(H2,23,24,25). The highest BCUT2D eigenvalue weighted by molar-refractivity contribution is 7.53. The molecule has 0 aliphatic rings. The van der Waals surface area contributed by atoms with Gasteiger partial charge in [0.1, 0.15) is 11.4 Å². The van der Waals surface area contributed by atoms with Crippen molar-refractivity contribution in [2.75, 3.05) is 6.61 Å². The summed E-state index contributed by atoms with van der Waals surface area (Å²) in [6, 6.07) is 14.6. The van der Waals surface area contributed by atoms with E-state index in [-0.39, 0.29) is 5.56 Å². The molecule has 0 aliphatic carbocycles. The first kappa shape index (κ1) is 21.4. The molecule has 0 aromatic heterocycles. The van der Waals surface area contributed by atoms with Gasteiger partial charge in [-0.1, -0.05) is 62.9 Å². The second kappa shape index (κ2) is 10.4. The lowest BCUT2D eigenvalue weighted by atomic mass is 10.0. The molecule has 6 heteroatoms. The Morgan fingerprint density at radius 1 is 0.963 bits per heavy atom. The number of carbonyl (C=O) groups is 1. The van der Waals surface area contributed by atoms with Gasteiger partial charge in [0.25, 0.3) is 0 Å². The van der Waals surface area contributed by atoms with E-state index in [0.29, 0.717) is 17.9 Å². The maximum absolute atomic E-state index is 12.7. The lowest BCUT2D eigenvalue weighted by molar-refractivity contribution is 0.0978. The molecular formula is C21H27O5P. The van der Waals surface area contributed by atoms with Gasteiger partial charge in [-0.25, -0.2) is 0 Å². The average molecular weight is 390 g/mol. The van der Waals surface area contributed by atoms with Gasteiger partial charge < -0.3 is 14.5 Å². The van der Waals surface area contributed by atoms with Crippen LogP contribution in [0.1, 0.15) is 60.6 Å². The van der Waals surface area contributed by atoms with E-state index in [1.807, 2.05) is 0 Å². The summed E-state index contributed by atoms with van der Waals surface area (Å²) in [6.45, 7) is 2.79. The van der Waals surface area contributed by atoms with Crippen LogP contribution in [0.5, 0.6) is 5.75 Å². The number of Topliss-reactive ketones (excluding diaryl/α,β-unsaturated/α-hetero) is 1. The monoisotopic (exact) mass is 390 g/mol. The van der Waals surface area contributed by atoms with E-state index >= 15 is 0 Å². The Labute approximate surface area is 160 Å². The first-order chi connectivity index (χ1) is 12.9. The van der Waals surface area contributed by atoms with Crippen LogP contribution in [0.2, 0.25) is 0 Å². The van der Waals surface area contributed by atoms with Gasteiger partial charge in [-0.2, -0.15) is 0 Å². The van der Waals surface area contributed by atoms with Crippen molar-refractivity contribution in [1.82, 2.24) is 0 Å². The molecule has 5 nitrogen and oxygen atoms in total. The van der Waals surface area contributed by atoms with Crippen LogP contribution in [0.25, 0.3) is 0 Å². The van der Waals surface area contributed by atoms with Crippen molar-refractivity contribution in [3.05, 3.63) is 65.7 Å². The fourth-order valence-corrected chi connectivity index (χ4v) is 3.92. The van der Waals surface area contributed by atoms with E-state index in [1.54, 1.807) is 54.6 Å². The molecule has 2 aromatic rings. The third-order valence-electron chi connectivity index (χ3n) is 4.36. The van der Waals surface area contributed by atoms with Crippen LogP contribution in [-0.4, -0.2) is 22.2 Å². The van der Waals surface area contributed by atoms with Gasteiger partial charge in [-0.3, -0.25) is 9.36 Å². The molecule has 0 saturated heterocycles. The summed E-state index contributed by atoms with van der Waals surface area (Å²) in [5, 5.41) is 0. The van der Waals surface area contributed by atoms with Gasteiger partial charge in [-0.05, 0) is 36.2 Å². The van der Waals surface area contributed by atoms with Crippen LogP contribution in [-0.2, 0) is 4.57 Å². The van der Waals surface area contributed by atoms with Gasteiger partial charge in [-0.15, -0.1) is 0 Å². The highest BCUT2D eigenvalue weighted by Gasteiger charge is 2.37. The molecule has 146 valence electrons. The Hall–Kier alpha value is -1.94. The van der Waals surface area contributed by atoms with Gasteiger partial charge in [0.2, 0.25) is 0 Å². The predicted octanol–water partition coefficient (Wildman–Crippen LogP) is 5.14. The van der Waals surface area contributed by atoms with Crippen LogP contribution >= 0.6 is 7.60 Å². The molecule has 0 bridgehead atoms. The summed E-state index contributed by atoms with van der Waals surface area (Å²) in [5.41, 5.74) is -0.935. The molecule has 0 radical (unpaired) electrons. The SMILES string of the molecule is CCCCCCCOc1ccc(C(=O)C(c2ccccc2)P(=O)(O)O)cc1. The molecule has 2 N–H and O–H groups in total. The van der Waals surface area contributed by atoms with Crippen LogP contribution in [0.4, 0.5) is 0 Å². The Balaban J connectivity index is 2.02. The summed E-state index contributed by atoms with van der Waals surface area (Å²) < 4.78 is 17.6. The molecule has 27 heavy (non-hydrogen) atoms. The van der Waals surface area contributed by atoms with Crippen molar-refractivity contribution < 1.29 is 23.9 Å². The quantitative estimate of drug-likeness (QED) is 0.315. The summed E-state index contributed by atoms with van der Waals surface area (Å²) in [7, 11) is -4.64. The third-order valence-corrected chi connectivity index (χ3v) is 5.56. The minimum absolute atomic E-state index is 0.252. The van der Waals surface area contributed by atoms with Crippen LogP contribution in [0.15, 0.2) is 54.6 Å². The topological polar surface area (TPSA) is 83.8 Å². The molecular weight excluding hydrogens is 363 g/mol. The highest BCUT2D eigenvalue weighted by atomic mass is 31.2. The lowest BCUT2D eigenvalue weighted by Gasteiger charge is -2.18. The van der Waals surface area contributed by atoms with Crippen LogP contribution in [0, 0.1) is 0 Å². The van der Waals surface area contributed by atoms with Gasteiger partial charge in [0.15, 0.2) is 5.78 Å². The van der Waals surface area contributed by atoms with Crippen LogP contribution in [0.3, 0.4) is 0 Å². The minimum Gasteiger partial charge on any atom is -0.494 e. The van der Waals surface area contributed by atoms with Crippen molar-refractivity contribution in [2.45, 2.75) is 44.7 Å². The van der Waals surface area contributed by atoms with Crippen molar-refractivity contribution in [3.63, 3.8) is 0 Å². The maximum Gasteiger partial charge on any atom is 0.340 e. The largest absolute Gasteiger partial charge is 0.494 e. The molecule has 2 aromatic carbocycles. The summed E-state index contributed by atoms with van der Waals surface area (Å²) >= 11 is 0. The van der Waals surface area contributed by atoms with Crippen LogP contribution < -0.4 is 4.74 Å². The second-order valence-electron chi connectivity index (χ2n) is 6.55. The fraction of sp³-hybridized carbons (Fsp3) is 0.381. The van der Waals surface area contributed by atoms with Crippen molar-refractivity contribution >= 4 is 13.4 Å². The van der Waals surface area contributed by atoms with E-state index < -0.39 is 19.0 Å². The Morgan fingerprint density at radius 3 is 2.19 bits per heavy atom. The predicted molar refractivity (Wildman–Crippen MR) is 106 cm³/mol. The maximum atomic E-state index is 12.7. The number of benzene rings is 2. The highest BCUT2D eigenvalue weighted by Crippen LogP contribution is 2.53. The number of hydrogen-bond donors (Lipinski definition) is 2. The molecule has 0 saturated carbocycles. The molecule has 1 unspecified atom stereocenters. The summed E-state index contributed by atoms with van der Waals surface area (Å²) in [5.74, 6) is 0.0510. The number of ether oxygens (including phenoxy) is 1. The Kier molecular flexibility index (Phi) is 8.23. The Morgan fingerprint density at radius 2 is 1.59 bits per heavy atom. The summed E-state index contributed by atoms with van der Waals surface area (Å²) in [4.78, 5) is 32.1. The normalized spacial score (nSPS) is 12.6. The molecule has 1 atom stereocenters. The first-order valence-corrected chi connectivity index (χ1v) is 11.0.